The highest BCUT2D eigenvalue weighted by Gasteiger charge is 2.20. The molecule has 6 nitrogen and oxygen atoms in total. The molecule has 1 N–H and O–H groups in total. The Morgan fingerprint density at radius 1 is 1.21 bits per heavy atom. The summed E-state index contributed by atoms with van der Waals surface area (Å²) < 4.78 is 1.51. The molecular formula is C22H21N3O3S. The van der Waals surface area contributed by atoms with Crippen LogP contribution in [0.15, 0.2) is 71.1 Å². The van der Waals surface area contributed by atoms with E-state index in [1.54, 1.807) is 55.5 Å². The van der Waals surface area contributed by atoms with Crippen molar-refractivity contribution in [2.24, 2.45) is 0 Å². The van der Waals surface area contributed by atoms with E-state index in [9.17, 15) is 14.4 Å². The number of rotatable bonds is 7. The van der Waals surface area contributed by atoms with Crippen LogP contribution in [0.2, 0.25) is 0 Å². The number of carbonyl (C=O) groups excluding carboxylic acids is 2. The first-order chi connectivity index (χ1) is 13.9. The Balaban J connectivity index is 1.89. The van der Waals surface area contributed by atoms with Gasteiger partial charge in [-0.2, -0.15) is 0 Å². The van der Waals surface area contributed by atoms with E-state index in [2.05, 4.69) is 16.9 Å². The van der Waals surface area contributed by atoms with Crippen LogP contribution >= 0.6 is 11.8 Å². The van der Waals surface area contributed by atoms with E-state index < -0.39 is 5.25 Å². The number of Topliss-reactive ketones (excluding diaryl/α,β-unsaturated/α-hetero) is 1. The summed E-state index contributed by atoms with van der Waals surface area (Å²) >= 11 is 1.19. The molecule has 3 aromatic rings. The fraction of sp³-hybridized carbons (Fsp3) is 0.182. The average molecular weight is 407 g/mol. The first-order valence-corrected chi connectivity index (χ1v) is 9.98. The van der Waals surface area contributed by atoms with Gasteiger partial charge in [0.05, 0.1) is 21.8 Å². The normalized spacial score (nSPS) is 11.8. The zero-order valence-corrected chi connectivity index (χ0v) is 17.0. The third-order valence-electron chi connectivity index (χ3n) is 4.35. The molecule has 0 spiro atoms. The van der Waals surface area contributed by atoms with Crippen molar-refractivity contribution in [3.63, 3.8) is 0 Å². The Kier molecular flexibility index (Phi) is 6.29. The first-order valence-electron chi connectivity index (χ1n) is 9.10. The van der Waals surface area contributed by atoms with Crippen molar-refractivity contribution in [1.29, 1.82) is 0 Å². The molecule has 1 unspecified atom stereocenters. The molecule has 0 radical (unpaired) electrons. The molecule has 1 atom stereocenters. The lowest BCUT2D eigenvalue weighted by Crippen LogP contribution is -2.27. The first kappa shape index (κ1) is 20.5. The second kappa shape index (κ2) is 8.87. The highest BCUT2D eigenvalue weighted by Crippen LogP contribution is 2.24. The molecule has 1 heterocycles. The van der Waals surface area contributed by atoms with Gasteiger partial charge in [-0.1, -0.05) is 42.1 Å². The lowest BCUT2D eigenvalue weighted by molar-refractivity contribution is -0.115. The number of hydrogen-bond acceptors (Lipinski definition) is 5. The van der Waals surface area contributed by atoms with Crippen LogP contribution in [0.5, 0.6) is 0 Å². The second-order valence-corrected chi connectivity index (χ2v) is 7.78. The zero-order chi connectivity index (χ0) is 21.0. The van der Waals surface area contributed by atoms with Crippen molar-refractivity contribution in [3.05, 3.63) is 77.1 Å². The third-order valence-corrected chi connectivity index (χ3v) is 5.44. The second-order valence-electron chi connectivity index (χ2n) is 6.47. The molecule has 0 aliphatic carbocycles. The summed E-state index contributed by atoms with van der Waals surface area (Å²) in [7, 11) is 0. The van der Waals surface area contributed by atoms with Gasteiger partial charge >= 0.3 is 0 Å². The molecule has 1 aromatic heterocycles. The maximum absolute atomic E-state index is 12.8. The minimum Gasteiger partial charge on any atom is -0.324 e. The zero-order valence-electron chi connectivity index (χ0n) is 16.2. The number of carbonyl (C=O) groups is 2. The van der Waals surface area contributed by atoms with Gasteiger partial charge in [-0.15, -0.1) is 6.58 Å². The molecule has 148 valence electrons. The molecule has 0 aliphatic heterocycles. The van der Waals surface area contributed by atoms with Gasteiger partial charge in [-0.3, -0.25) is 19.0 Å². The van der Waals surface area contributed by atoms with Crippen molar-refractivity contribution in [2.45, 2.75) is 30.8 Å². The number of anilines is 1. The standard InChI is InChI=1S/C22H21N3O3S/c1-4-13-25-21(28)17-10-6-8-12-19(17)24-22(25)29-15(3)20(27)23-18-11-7-5-9-16(18)14(2)26/h4-12,15H,1,13H2,2-3H3,(H,23,27). The van der Waals surface area contributed by atoms with Crippen molar-refractivity contribution in [1.82, 2.24) is 9.55 Å². The summed E-state index contributed by atoms with van der Waals surface area (Å²) in [5.41, 5.74) is 1.32. The number of nitrogens with one attached hydrogen (secondary N) is 1. The number of allylic oxidation sites excluding steroid dienone is 1. The van der Waals surface area contributed by atoms with Crippen molar-refractivity contribution in [3.8, 4) is 0 Å². The van der Waals surface area contributed by atoms with E-state index in [1.807, 2.05) is 6.07 Å². The maximum Gasteiger partial charge on any atom is 0.262 e. The Labute approximate surface area is 172 Å². The molecule has 0 saturated heterocycles. The largest absolute Gasteiger partial charge is 0.324 e. The summed E-state index contributed by atoms with van der Waals surface area (Å²) in [6, 6.07) is 14.0. The van der Waals surface area contributed by atoms with Gasteiger partial charge in [-0.05, 0) is 38.1 Å². The SMILES string of the molecule is C=CCn1c(SC(C)C(=O)Nc2ccccc2C(C)=O)nc2ccccc2c1=O. The number of nitrogens with zero attached hydrogens (tertiary/aromatic N) is 2. The number of para-hydroxylation sites is 2. The molecule has 0 saturated carbocycles. The Hall–Kier alpha value is -3.19. The molecule has 3 rings (SSSR count). The molecule has 0 fully saturated rings. The van der Waals surface area contributed by atoms with Crippen LogP contribution in [0.25, 0.3) is 10.9 Å². The molecule has 29 heavy (non-hydrogen) atoms. The van der Waals surface area contributed by atoms with Crippen LogP contribution < -0.4 is 10.9 Å². The van der Waals surface area contributed by atoms with E-state index in [-0.39, 0.29) is 17.2 Å². The highest BCUT2D eigenvalue weighted by molar-refractivity contribution is 8.00. The van der Waals surface area contributed by atoms with Crippen LogP contribution in [0, 0.1) is 0 Å². The van der Waals surface area contributed by atoms with Gasteiger partial charge in [0.1, 0.15) is 0 Å². The van der Waals surface area contributed by atoms with Gasteiger partial charge in [0, 0.05) is 12.1 Å². The van der Waals surface area contributed by atoms with Crippen molar-refractivity contribution < 1.29 is 9.59 Å². The number of benzene rings is 2. The summed E-state index contributed by atoms with van der Waals surface area (Å²) in [6.45, 7) is 7.19. The van der Waals surface area contributed by atoms with E-state index in [0.29, 0.717) is 33.9 Å². The topological polar surface area (TPSA) is 81.1 Å². The summed E-state index contributed by atoms with van der Waals surface area (Å²) in [6.07, 6.45) is 1.62. The number of ketones is 1. The summed E-state index contributed by atoms with van der Waals surface area (Å²) in [4.78, 5) is 41.9. The van der Waals surface area contributed by atoms with Crippen LogP contribution in [0.3, 0.4) is 0 Å². The molecule has 0 aliphatic rings. The van der Waals surface area contributed by atoms with E-state index in [0.717, 1.165) is 0 Å². The molecular weight excluding hydrogens is 386 g/mol. The van der Waals surface area contributed by atoms with E-state index in [1.165, 1.54) is 23.3 Å². The van der Waals surface area contributed by atoms with Crippen molar-refractivity contribution >= 4 is 40.0 Å². The minimum atomic E-state index is -0.542. The van der Waals surface area contributed by atoms with Crippen LogP contribution in [-0.4, -0.2) is 26.5 Å². The predicted molar refractivity (Wildman–Crippen MR) is 117 cm³/mol. The monoisotopic (exact) mass is 407 g/mol. The molecule has 0 bridgehead atoms. The lowest BCUT2D eigenvalue weighted by Gasteiger charge is -2.16. The summed E-state index contributed by atoms with van der Waals surface area (Å²) in [5.74, 6) is -0.409. The number of aromatic nitrogens is 2. The lowest BCUT2D eigenvalue weighted by atomic mass is 10.1. The number of thioether (sulfide) groups is 1. The smallest absolute Gasteiger partial charge is 0.262 e. The van der Waals surface area contributed by atoms with Crippen LogP contribution in [0.1, 0.15) is 24.2 Å². The predicted octanol–water partition coefficient (Wildman–Crippen LogP) is 3.90. The Morgan fingerprint density at radius 3 is 2.62 bits per heavy atom. The number of fused-ring (bicyclic) bond motifs is 1. The molecule has 7 heteroatoms. The number of hydrogen-bond donors (Lipinski definition) is 1. The van der Waals surface area contributed by atoms with Crippen LogP contribution in [0.4, 0.5) is 5.69 Å². The molecule has 1 amide bonds. The minimum absolute atomic E-state index is 0.128. The van der Waals surface area contributed by atoms with Gasteiger partial charge in [0.15, 0.2) is 10.9 Å². The van der Waals surface area contributed by atoms with Crippen molar-refractivity contribution in [2.75, 3.05) is 5.32 Å². The summed E-state index contributed by atoms with van der Waals surface area (Å²) in [5, 5.41) is 3.22. The maximum atomic E-state index is 12.8. The van der Waals surface area contributed by atoms with Gasteiger partial charge in [0.25, 0.3) is 5.56 Å². The van der Waals surface area contributed by atoms with Gasteiger partial charge in [-0.25, -0.2) is 4.98 Å². The average Bonchev–Trinajstić information content (AvgIpc) is 2.71. The van der Waals surface area contributed by atoms with Gasteiger partial charge in [0.2, 0.25) is 5.91 Å². The fourth-order valence-electron chi connectivity index (χ4n) is 2.87. The third kappa shape index (κ3) is 4.46. The fourth-order valence-corrected chi connectivity index (χ4v) is 3.79. The molecule has 2 aromatic carbocycles. The van der Waals surface area contributed by atoms with Crippen LogP contribution in [-0.2, 0) is 11.3 Å². The quantitative estimate of drug-likeness (QED) is 0.278. The Bertz CT molecular complexity index is 1150. The van der Waals surface area contributed by atoms with E-state index in [4.69, 9.17) is 0 Å². The Morgan fingerprint density at radius 2 is 1.90 bits per heavy atom. The van der Waals surface area contributed by atoms with Gasteiger partial charge < -0.3 is 5.32 Å². The van der Waals surface area contributed by atoms with E-state index >= 15 is 0 Å². The number of amides is 1. The highest BCUT2D eigenvalue weighted by atomic mass is 32.2.